The van der Waals surface area contributed by atoms with Gasteiger partial charge in [0.2, 0.25) is 0 Å². The van der Waals surface area contributed by atoms with Crippen molar-refractivity contribution in [2.45, 2.75) is 25.4 Å². The smallest absolute Gasteiger partial charge is 0.335 e. The van der Waals surface area contributed by atoms with Crippen molar-refractivity contribution in [2.75, 3.05) is 6.61 Å². The van der Waals surface area contributed by atoms with Gasteiger partial charge in [-0.3, -0.25) is 0 Å². The van der Waals surface area contributed by atoms with E-state index in [1.807, 2.05) is 0 Å². The maximum Gasteiger partial charge on any atom is 0.335 e. The molecule has 1 heterocycles. The molecule has 2 N–H and O–H groups in total. The van der Waals surface area contributed by atoms with Crippen LogP contribution in [-0.2, 0) is 6.54 Å². The normalized spacial score (nSPS) is 17.0. The molecule has 0 amide bonds. The number of nitrogens with one attached hydrogen (secondary N) is 1. The van der Waals surface area contributed by atoms with Crippen LogP contribution in [-0.4, -0.2) is 17.7 Å². The molecule has 0 aromatic heterocycles. The van der Waals surface area contributed by atoms with E-state index in [1.54, 1.807) is 30.3 Å². The van der Waals surface area contributed by atoms with Gasteiger partial charge in [-0.1, -0.05) is 12.1 Å². The third kappa shape index (κ3) is 3.68. The Bertz CT molecular complexity index is 700. The molecular weight excluding hydrogens is 297 g/mol. The molecule has 2 aromatic carbocycles. The van der Waals surface area contributed by atoms with Crippen LogP contribution >= 0.6 is 0 Å². The summed E-state index contributed by atoms with van der Waals surface area (Å²) < 4.78 is 19.2. The van der Waals surface area contributed by atoms with Gasteiger partial charge in [-0.25, -0.2) is 9.18 Å². The highest BCUT2D eigenvalue weighted by atomic mass is 19.1. The van der Waals surface area contributed by atoms with Crippen molar-refractivity contribution in [1.29, 1.82) is 0 Å². The molecule has 5 heteroatoms. The van der Waals surface area contributed by atoms with Gasteiger partial charge < -0.3 is 15.2 Å². The Balaban J connectivity index is 1.72. The van der Waals surface area contributed by atoms with Crippen molar-refractivity contribution in [2.24, 2.45) is 0 Å². The molecule has 120 valence electrons. The molecule has 1 unspecified atom stereocenters. The molecule has 0 saturated carbocycles. The minimum Gasteiger partial charge on any atom is -0.493 e. The van der Waals surface area contributed by atoms with Crippen molar-refractivity contribution in [1.82, 2.24) is 5.32 Å². The van der Waals surface area contributed by atoms with E-state index in [9.17, 15) is 9.18 Å². The first-order chi connectivity index (χ1) is 11.1. The summed E-state index contributed by atoms with van der Waals surface area (Å²) in [5, 5.41) is 12.3. The van der Waals surface area contributed by atoms with E-state index in [0.29, 0.717) is 13.2 Å². The van der Waals surface area contributed by atoms with E-state index in [1.165, 1.54) is 12.1 Å². The lowest BCUT2D eigenvalue weighted by atomic mass is 10.0. The predicted molar refractivity (Wildman–Crippen MR) is 84.1 cm³/mol. The van der Waals surface area contributed by atoms with Crippen molar-refractivity contribution >= 4 is 5.97 Å². The average molecular weight is 315 g/mol. The molecular formula is C18H18FNO3. The fourth-order valence-corrected chi connectivity index (χ4v) is 2.77. The van der Waals surface area contributed by atoms with Crippen LogP contribution in [0.1, 0.15) is 40.4 Å². The molecule has 2 aromatic rings. The number of ether oxygens (including phenoxy) is 1. The first-order valence-electron chi connectivity index (χ1n) is 7.61. The largest absolute Gasteiger partial charge is 0.493 e. The van der Waals surface area contributed by atoms with Crippen LogP contribution in [0.3, 0.4) is 0 Å². The van der Waals surface area contributed by atoms with Crippen LogP contribution in [0.2, 0.25) is 0 Å². The number of hydrogen-bond donors (Lipinski definition) is 2. The third-order valence-electron chi connectivity index (χ3n) is 4.00. The minimum atomic E-state index is -0.935. The van der Waals surface area contributed by atoms with Gasteiger partial charge in [0.25, 0.3) is 0 Å². The van der Waals surface area contributed by atoms with Gasteiger partial charge >= 0.3 is 5.97 Å². The number of carboxylic acid groups (broad SMARTS) is 1. The molecule has 0 saturated heterocycles. The first-order valence-corrected chi connectivity index (χ1v) is 7.61. The Kier molecular flexibility index (Phi) is 4.57. The molecule has 4 nitrogen and oxygen atoms in total. The quantitative estimate of drug-likeness (QED) is 0.906. The zero-order valence-electron chi connectivity index (χ0n) is 12.6. The summed E-state index contributed by atoms with van der Waals surface area (Å²) in [6.45, 7) is 1.21. The van der Waals surface area contributed by atoms with Gasteiger partial charge in [-0.2, -0.15) is 0 Å². The highest BCUT2D eigenvalue weighted by Crippen LogP contribution is 2.32. The average Bonchev–Trinajstić information content (AvgIpc) is 2.75. The van der Waals surface area contributed by atoms with Crippen molar-refractivity contribution in [3.63, 3.8) is 0 Å². The fourth-order valence-electron chi connectivity index (χ4n) is 2.77. The molecule has 0 aliphatic carbocycles. The number of benzene rings is 2. The van der Waals surface area contributed by atoms with Crippen molar-refractivity contribution in [3.8, 4) is 5.75 Å². The van der Waals surface area contributed by atoms with E-state index in [0.717, 1.165) is 29.7 Å². The monoisotopic (exact) mass is 315 g/mol. The van der Waals surface area contributed by atoms with E-state index in [4.69, 9.17) is 9.84 Å². The summed E-state index contributed by atoms with van der Waals surface area (Å²) in [6.07, 6.45) is 1.76. The highest BCUT2D eigenvalue weighted by molar-refractivity contribution is 5.87. The third-order valence-corrected chi connectivity index (χ3v) is 4.00. The minimum absolute atomic E-state index is 0.0161. The molecule has 1 atom stereocenters. The second-order valence-corrected chi connectivity index (χ2v) is 5.61. The fraction of sp³-hybridized carbons (Fsp3) is 0.278. The zero-order valence-corrected chi connectivity index (χ0v) is 12.6. The molecule has 1 aliphatic heterocycles. The number of halogens is 1. The van der Waals surface area contributed by atoms with Crippen molar-refractivity contribution in [3.05, 3.63) is 65.0 Å². The highest BCUT2D eigenvalue weighted by Gasteiger charge is 2.20. The van der Waals surface area contributed by atoms with Gasteiger partial charge in [-0.05, 0) is 48.7 Å². The van der Waals surface area contributed by atoms with E-state index < -0.39 is 5.97 Å². The molecule has 0 spiro atoms. The topological polar surface area (TPSA) is 58.6 Å². The molecule has 3 rings (SSSR count). The van der Waals surface area contributed by atoms with Gasteiger partial charge in [0, 0.05) is 18.2 Å². The van der Waals surface area contributed by atoms with E-state index >= 15 is 0 Å². The van der Waals surface area contributed by atoms with Gasteiger partial charge in [0.05, 0.1) is 12.2 Å². The summed E-state index contributed by atoms with van der Waals surface area (Å²) in [5.74, 6) is -0.482. The number of fused-ring (bicyclic) bond motifs is 1. The summed E-state index contributed by atoms with van der Waals surface area (Å²) in [6, 6.07) is 11.4. The standard InChI is InChI=1S/C18H18FNO3/c19-14-7-8-17-15(10-14)16(2-1-9-23-17)20-11-12-3-5-13(6-4-12)18(21)22/h3-8,10,16,20H,1-2,9,11H2,(H,21,22). The van der Waals surface area contributed by atoms with Crippen LogP contribution in [0.15, 0.2) is 42.5 Å². The summed E-state index contributed by atoms with van der Waals surface area (Å²) in [5.41, 5.74) is 2.09. The summed E-state index contributed by atoms with van der Waals surface area (Å²) in [4.78, 5) is 10.9. The van der Waals surface area contributed by atoms with Gasteiger partial charge in [-0.15, -0.1) is 0 Å². The lowest BCUT2D eigenvalue weighted by molar-refractivity contribution is 0.0697. The molecule has 23 heavy (non-hydrogen) atoms. The van der Waals surface area contributed by atoms with E-state index in [-0.39, 0.29) is 17.4 Å². The second-order valence-electron chi connectivity index (χ2n) is 5.61. The number of carbonyl (C=O) groups is 1. The number of aromatic carboxylic acids is 1. The van der Waals surface area contributed by atoms with Crippen LogP contribution in [0.4, 0.5) is 4.39 Å². The van der Waals surface area contributed by atoms with Crippen molar-refractivity contribution < 1.29 is 19.0 Å². The predicted octanol–water partition coefficient (Wildman–Crippen LogP) is 3.53. The Labute approximate surface area is 133 Å². The maximum absolute atomic E-state index is 13.5. The van der Waals surface area contributed by atoms with Crippen LogP contribution in [0, 0.1) is 5.82 Å². The van der Waals surface area contributed by atoms with Gasteiger partial charge in [0.1, 0.15) is 11.6 Å². The Morgan fingerprint density at radius 3 is 2.78 bits per heavy atom. The van der Waals surface area contributed by atoms with Crippen LogP contribution < -0.4 is 10.1 Å². The lowest BCUT2D eigenvalue weighted by Crippen LogP contribution is -2.20. The van der Waals surface area contributed by atoms with Crippen LogP contribution in [0.25, 0.3) is 0 Å². The lowest BCUT2D eigenvalue weighted by Gasteiger charge is -2.18. The second kappa shape index (κ2) is 6.79. The summed E-state index contributed by atoms with van der Waals surface area (Å²) >= 11 is 0. The Morgan fingerprint density at radius 2 is 2.04 bits per heavy atom. The number of hydrogen-bond acceptors (Lipinski definition) is 3. The molecule has 1 aliphatic rings. The molecule has 0 bridgehead atoms. The zero-order chi connectivity index (χ0) is 16.2. The molecule has 0 radical (unpaired) electrons. The van der Waals surface area contributed by atoms with Crippen LogP contribution in [0.5, 0.6) is 5.75 Å². The number of carboxylic acids is 1. The Hall–Kier alpha value is -2.40. The SMILES string of the molecule is O=C(O)c1ccc(CNC2CCCOc3ccc(F)cc32)cc1. The first kappa shape index (κ1) is 15.5. The molecule has 0 fully saturated rings. The Morgan fingerprint density at radius 1 is 1.26 bits per heavy atom. The summed E-state index contributed by atoms with van der Waals surface area (Å²) in [7, 11) is 0. The van der Waals surface area contributed by atoms with Gasteiger partial charge in [0.15, 0.2) is 0 Å². The van der Waals surface area contributed by atoms with E-state index in [2.05, 4.69) is 5.32 Å². The number of rotatable bonds is 4. The maximum atomic E-state index is 13.5.